The molecule has 6 nitrogen and oxygen atoms in total. The quantitative estimate of drug-likeness (QED) is 0.741. The van der Waals surface area contributed by atoms with Crippen LogP contribution in [0, 0.1) is 6.92 Å². The van der Waals surface area contributed by atoms with Crippen molar-refractivity contribution >= 4 is 55.6 Å². The van der Waals surface area contributed by atoms with Gasteiger partial charge in [-0.15, -0.1) is 12.4 Å². The first kappa shape index (κ1) is 19.2. The maximum Gasteiger partial charge on any atom is 0.225 e. The van der Waals surface area contributed by atoms with Crippen molar-refractivity contribution in [2.75, 3.05) is 29.9 Å². The number of amides is 1. The number of nitrogens with two attached hydrogens (primary N) is 1. The number of anilines is 2. The number of aryl methyl sites for hydroxylation is 1. The minimum absolute atomic E-state index is 0. The van der Waals surface area contributed by atoms with Crippen LogP contribution in [0.3, 0.4) is 0 Å². The molecule has 1 saturated heterocycles. The molecule has 22 heavy (non-hydrogen) atoms. The van der Waals surface area contributed by atoms with E-state index in [2.05, 4.69) is 21.2 Å². The molecule has 0 radical (unpaired) electrons. The molecule has 1 heterocycles. The Labute approximate surface area is 145 Å². The Kier molecular flexibility index (Phi) is 6.66. The summed E-state index contributed by atoms with van der Waals surface area (Å²) in [5.74, 6) is -0.0758. The van der Waals surface area contributed by atoms with E-state index in [9.17, 15) is 13.2 Å². The van der Waals surface area contributed by atoms with Crippen LogP contribution in [0.15, 0.2) is 16.6 Å². The van der Waals surface area contributed by atoms with Gasteiger partial charge in [0.15, 0.2) is 0 Å². The third-order valence-corrected chi connectivity index (χ3v) is 5.83. The molecule has 0 aliphatic carbocycles. The standard InChI is InChI=1S/C13H18BrN3O3S.ClH/c1-9-7-10(14)8-11(13(9)15)16-12(18)3-5-17-4-2-6-21(17,19)20;/h7-8H,2-6,15H2,1H3,(H,16,18);1H. The van der Waals surface area contributed by atoms with Crippen molar-refractivity contribution in [1.82, 2.24) is 4.31 Å². The summed E-state index contributed by atoms with van der Waals surface area (Å²) < 4.78 is 25.5. The van der Waals surface area contributed by atoms with E-state index in [-0.39, 0.29) is 37.0 Å². The largest absolute Gasteiger partial charge is 0.397 e. The number of nitrogens with zero attached hydrogens (tertiary/aromatic N) is 1. The van der Waals surface area contributed by atoms with E-state index >= 15 is 0 Å². The normalized spacial score (nSPS) is 17.0. The lowest BCUT2D eigenvalue weighted by Crippen LogP contribution is -2.29. The van der Waals surface area contributed by atoms with Gasteiger partial charge in [0.05, 0.1) is 17.1 Å². The molecule has 1 aliphatic heterocycles. The first-order chi connectivity index (χ1) is 9.79. The van der Waals surface area contributed by atoms with Crippen LogP contribution >= 0.6 is 28.3 Å². The molecule has 2 rings (SSSR count). The van der Waals surface area contributed by atoms with Crippen molar-refractivity contribution in [3.63, 3.8) is 0 Å². The molecular weight excluding hydrogens is 394 g/mol. The lowest BCUT2D eigenvalue weighted by Gasteiger charge is -2.15. The van der Waals surface area contributed by atoms with Gasteiger partial charge in [0, 0.05) is 24.0 Å². The zero-order chi connectivity index (χ0) is 15.6. The van der Waals surface area contributed by atoms with Crippen LogP contribution in [0.4, 0.5) is 11.4 Å². The second kappa shape index (κ2) is 7.63. The van der Waals surface area contributed by atoms with Crippen LogP contribution < -0.4 is 11.1 Å². The average Bonchev–Trinajstić information content (AvgIpc) is 2.72. The molecule has 124 valence electrons. The highest BCUT2D eigenvalue weighted by molar-refractivity contribution is 9.10. The first-order valence-corrected chi connectivity index (χ1v) is 9.03. The molecule has 0 saturated carbocycles. The number of rotatable bonds is 4. The minimum Gasteiger partial charge on any atom is -0.397 e. The van der Waals surface area contributed by atoms with Crippen molar-refractivity contribution in [3.05, 3.63) is 22.2 Å². The number of nitrogens with one attached hydrogen (secondary N) is 1. The van der Waals surface area contributed by atoms with Crippen LogP contribution in [0.5, 0.6) is 0 Å². The van der Waals surface area contributed by atoms with Gasteiger partial charge >= 0.3 is 0 Å². The predicted molar refractivity (Wildman–Crippen MR) is 93.8 cm³/mol. The molecule has 0 bridgehead atoms. The fourth-order valence-electron chi connectivity index (χ4n) is 2.24. The molecule has 0 spiro atoms. The van der Waals surface area contributed by atoms with Gasteiger partial charge in [-0.1, -0.05) is 15.9 Å². The lowest BCUT2D eigenvalue weighted by atomic mass is 10.1. The Morgan fingerprint density at radius 2 is 2.14 bits per heavy atom. The number of hydrogen-bond acceptors (Lipinski definition) is 4. The Morgan fingerprint density at radius 3 is 2.73 bits per heavy atom. The van der Waals surface area contributed by atoms with Crippen LogP contribution in [0.25, 0.3) is 0 Å². The van der Waals surface area contributed by atoms with E-state index in [1.807, 2.05) is 13.0 Å². The summed E-state index contributed by atoms with van der Waals surface area (Å²) in [6.45, 7) is 2.56. The maximum absolute atomic E-state index is 12.0. The summed E-state index contributed by atoms with van der Waals surface area (Å²) in [7, 11) is -3.16. The number of carbonyl (C=O) groups is 1. The molecule has 1 fully saturated rings. The number of benzene rings is 1. The zero-order valence-corrected chi connectivity index (χ0v) is 15.4. The van der Waals surface area contributed by atoms with Gasteiger partial charge in [0.25, 0.3) is 0 Å². The molecule has 0 unspecified atom stereocenters. The van der Waals surface area contributed by atoms with Crippen molar-refractivity contribution in [2.45, 2.75) is 19.8 Å². The monoisotopic (exact) mass is 411 g/mol. The molecule has 1 aromatic carbocycles. The van der Waals surface area contributed by atoms with E-state index in [0.717, 1.165) is 10.0 Å². The molecule has 1 amide bonds. The SMILES string of the molecule is Cc1cc(Br)cc(NC(=O)CCN2CCCS2(=O)=O)c1N.Cl. The van der Waals surface area contributed by atoms with Crippen molar-refractivity contribution in [1.29, 1.82) is 0 Å². The van der Waals surface area contributed by atoms with Crippen LogP contribution in [0.1, 0.15) is 18.4 Å². The summed E-state index contributed by atoms with van der Waals surface area (Å²) in [4.78, 5) is 12.0. The first-order valence-electron chi connectivity index (χ1n) is 6.63. The molecule has 0 aromatic heterocycles. The fourth-order valence-corrected chi connectivity index (χ4v) is 4.34. The number of carbonyl (C=O) groups excluding carboxylic acids is 1. The van der Waals surface area contributed by atoms with Gasteiger partial charge in [0.1, 0.15) is 0 Å². The molecule has 3 N–H and O–H groups in total. The Morgan fingerprint density at radius 1 is 1.45 bits per heavy atom. The number of hydrogen-bond donors (Lipinski definition) is 2. The van der Waals surface area contributed by atoms with Gasteiger partial charge in [-0.3, -0.25) is 4.79 Å². The lowest BCUT2D eigenvalue weighted by molar-refractivity contribution is -0.116. The zero-order valence-electron chi connectivity index (χ0n) is 12.1. The van der Waals surface area contributed by atoms with Gasteiger partial charge in [-0.2, -0.15) is 0 Å². The van der Waals surface area contributed by atoms with E-state index in [1.54, 1.807) is 6.07 Å². The molecule has 1 aromatic rings. The van der Waals surface area contributed by atoms with Gasteiger partial charge < -0.3 is 11.1 Å². The van der Waals surface area contributed by atoms with E-state index in [0.29, 0.717) is 24.3 Å². The molecule has 1 aliphatic rings. The number of sulfonamides is 1. The van der Waals surface area contributed by atoms with Crippen LogP contribution in [-0.2, 0) is 14.8 Å². The van der Waals surface area contributed by atoms with Crippen molar-refractivity contribution in [3.8, 4) is 0 Å². The molecule has 9 heteroatoms. The van der Waals surface area contributed by atoms with Crippen LogP contribution in [-0.4, -0.2) is 37.5 Å². The maximum atomic E-state index is 12.0. The second-order valence-electron chi connectivity index (χ2n) is 5.05. The van der Waals surface area contributed by atoms with Crippen molar-refractivity contribution < 1.29 is 13.2 Å². The molecular formula is C13H19BrClN3O3S. The van der Waals surface area contributed by atoms with Gasteiger partial charge in [0.2, 0.25) is 15.9 Å². The topological polar surface area (TPSA) is 92.5 Å². The third kappa shape index (κ3) is 4.58. The minimum atomic E-state index is -3.16. The Balaban J connectivity index is 0.00000242. The summed E-state index contributed by atoms with van der Waals surface area (Å²) in [6, 6.07) is 3.59. The van der Waals surface area contributed by atoms with E-state index < -0.39 is 10.0 Å². The molecule has 0 atom stereocenters. The van der Waals surface area contributed by atoms with E-state index in [4.69, 9.17) is 5.73 Å². The third-order valence-electron chi connectivity index (χ3n) is 3.42. The summed E-state index contributed by atoms with van der Waals surface area (Å²) in [6.07, 6.45) is 0.742. The highest BCUT2D eigenvalue weighted by Crippen LogP contribution is 2.27. The Hall–Kier alpha value is -0.830. The summed E-state index contributed by atoms with van der Waals surface area (Å²) in [5.41, 5.74) is 7.83. The summed E-state index contributed by atoms with van der Waals surface area (Å²) >= 11 is 3.35. The number of nitrogen functional groups attached to an aromatic ring is 1. The smallest absolute Gasteiger partial charge is 0.225 e. The Bertz CT molecular complexity index is 667. The summed E-state index contributed by atoms with van der Waals surface area (Å²) in [5, 5.41) is 2.73. The number of halogens is 2. The highest BCUT2D eigenvalue weighted by Gasteiger charge is 2.28. The van der Waals surface area contributed by atoms with Gasteiger partial charge in [-0.25, -0.2) is 12.7 Å². The fraction of sp³-hybridized carbons (Fsp3) is 0.462. The predicted octanol–water partition coefficient (Wildman–Crippen LogP) is 2.13. The van der Waals surface area contributed by atoms with Gasteiger partial charge in [-0.05, 0) is 31.0 Å². The van der Waals surface area contributed by atoms with E-state index in [1.165, 1.54) is 4.31 Å². The van der Waals surface area contributed by atoms with Crippen molar-refractivity contribution in [2.24, 2.45) is 0 Å². The second-order valence-corrected chi connectivity index (χ2v) is 8.05. The highest BCUT2D eigenvalue weighted by atomic mass is 79.9. The average molecular weight is 413 g/mol. The van der Waals surface area contributed by atoms with Crippen LogP contribution in [0.2, 0.25) is 0 Å².